The van der Waals surface area contributed by atoms with E-state index in [-0.39, 0.29) is 50.6 Å². The van der Waals surface area contributed by atoms with Gasteiger partial charge in [0.25, 0.3) is 0 Å². The summed E-state index contributed by atoms with van der Waals surface area (Å²) in [5, 5.41) is 10.9. The number of rotatable bonds is 5. The van der Waals surface area contributed by atoms with Gasteiger partial charge in [0.1, 0.15) is 0 Å². The van der Waals surface area contributed by atoms with E-state index in [4.69, 9.17) is 9.47 Å². The van der Waals surface area contributed by atoms with Crippen LogP contribution in [0.1, 0.15) is 12.5 Å². The molecule has 1 aliphatic rings. The maximum atomic E-state index is 14.5. The Morgan fingerprint density at radius 1 is 1.32 bits per heavy atom. The van der Waals surface area contributed by atoms with Gasteiger partial charge in [-0.15, -0.1) is 0 Å². The summed E-state index contributed by atoms with van der Waals surface area (Å²) < 4.78 is 38.7. The second-order valence-electron chi connectivity index (χ2n) is 5.38. The minimum atomic E-state index is -1.11. The number of carbonyl (C=O) groups excluding carboxylic acids is 1. The van der Waals surface area contributed by atoms with E-state index >= 15 is 0 Å². The Morgan fingerprint density at radius 2 is 1.96 bits per heavy atom. The number of anilines is 1. The van der Waals surface area contributed by atoms with Gasteiger partial charge < -0.3 is 19.3 Å². The van der Waals surface area contributed by atoms with Crippen LogP contribution in [0.25, 0.3) is 0 Å². The van der Waals surface area contributed by atoms with Crippen molar-refractivity contribution in [2.24, 2.45) is 0 Å². The van der Waals surface area contributed by atoms with Crippen LogP contribution in [0.15, 0.2) is 6.07 Å². The molecule has 25 heavy (non-hydrogen) atoms. The zero-order chi connectivity index (χ0) is 18.6. The summed E-state index contributed by atoms with van der Waals surface area (Å²) >= 11 is 0. The number of methoxy groups -OCH3 is 1. The van der Waals surface area contributed by atoms with Crippen LogP contribution in [0.3, 0.4) is 0 Å². The van der Waals surface area contributed by atoms with Crippen LogP contribution in [-0.2, 0) is 16.1 Å². The van der Waals surface area contributed by atoms with Gasteiger partial charge in [-0.1, -0.05) is 0 Å². The molecule has 138 valence electrons. The van der Waals surface area contributed by atoms with Gasteiger partial charge in [0.2, 0.25) is 5.82 Å². The largest absolute Gasteiger partial charge is 0.450 e. The summed E-state index contributed by atoms with van der Waals surface area (Å²) in [7, 11) is 1.29. The van der Waals surface area contributed by atoms with E-state index in [1.807, 2.05) is 0 Å². The Balaban J connectivity index is 2.29. The van der Waals surface area contributed by atoms with Crippen molar-refractivity contribution in [1.29, 1.82) is 0 Å². The van der Waals surface area contributed by atoms with Crippen molar-refractivity contribution in [3.05, 3.63) is 33.4 Å². The second-order valence-corrected chi connectivity index (χ2v) is 5.38. The molecule has 0 saturated carbocycles. The van der Waals surface area contributed by atoms with Gasteiger partial charge in [-0.05, 0) is 6.92 Å². The molecule has 0 spiro atoms. The standard InChI is InChI=1S/C15H19F2N3O5/c1-3-25-15(21)19-6-4-18(5-7-19)14-10(9-24-2)13(17)12(20(22)23)8-11(14)16/h8H,3-7,9H2,1-2H3. The maximum Gasteiger partial charge on any atom is 0.409 e. The molecule has 1 amide bonds. The fourth-order valence-corrected chi connectivity index (χ4v) is 2.73. The molecular weight excluding hydrogens is 340 g/mol. The predicted octanol–water partition coefficient (Wildman–Crippen LogP) is 2.30. The molecule has 1 saturated heterocycles. The van der Waals surface area contributed by atoms with E-state index in [1.54, 1.807) is 11.8 Å². The second kappa shape index (κ2) is 8.06. The lowest BCUT2D eigenvalue weighted by Gasteiger charge is -2.36. The van der Waals surface area contributed by atoms with Crippen LogP contribution in [0.4, 0.5) is 25.0 Å². The number of nitro benzene ring substituents is 1. The Kier molecular flexibility index (Phi) is 6.07. The molecule has 0 radical (unpaired) electrons. The van der Waals surface area contributed by atoms with E-state index in [1.165, 1.54) is 12.0 Å². The van der Waals surface area contributed by atoms with Crippen molar-refractivity contribution in [3.63, 3.8) is 0 Å². The third kappa shape index (κ3) is 3.95. The minimum Gasteiger partial charge on any atom is -0.450 e. The topological polar surface area (TPSA) is 85.2 Å². The van der Waals surface area contributed by atoms with Crippen LogP contribution in [-0.4, -0.2) is 55.8 Å². The van der Waals surface area contributed by atoms with Crippen LogP contribution < -0.4 is 4.90 Å². The van der Waals surface area contributed by atoms with Crippen LogP contribution in [0.2, 0.25) is 0 Å². The Hall–Kier alpha value is -2.49. The number of nitrogens with zero attached hydrogens (tertiary/aromatic N) is 3. The van der Waals surface area contributed by atoms with Gasteiger partial charge in [0.15, 0.2) is 5.82 Å². The van der Waals surface area contributed by atoms with E-state index in [2.05, 4.69) is 0 Å². The molecule has 1 heterocycles. The lowest BCUT2D eigenvalue weighted by Crippen LogP contribution is -2.49. The summed E-state index contributed by atoms with van der Waals surface area (Å²) in [6, 6.07) is 0.571. The predicted molar refractivity (Wildman–Crippen MR) is 84.5 cm³/mol. The van der Waals surface area contributed by atoms with E-state index < -0.39 is 28.3 Å². The Bertz CT molecular complexity index is 663. The summed E-state index contributed by atoms with van der Waals surface area (Å²) in [6.07, 6.45) is -0.463. The van der Waals surface area contributed by atoms with Crippen molar-refractivity contribution in [1.82, 2.24) is 4.90 Å². The van der Waals surface area contributed by atoms with Crippen molar-refractivity contribution in [2.75, 3.05) is 44.8 Å². The van der Waals surface area contributed by atoms with Crippen molar-refractivity contribution in [2.45, 2.75) is 13.5 Å². The maximum absolute atomic E-state index is 14.5. The molecule has 1 aromatic rings. The van der Waals surface area contributed by atoms with E-state index in [0.717, 1.165) is 0 Å². The van der Waals surface area contributed by atoms with Crippen molar-refractivity contribution in [3.8, 4) is 0 Å². The Morgan fingerprint density at radius 3 is 2.48 bits per heavy atom. The van der Waals surface area contributed by atoms with Gasteiger partial charge in [0, 0.05) is 38.9 Å². The number of hydrogen-bond donors (Lipinski definition) is 0. The molecule has 0 bridgehead atoms. The molecular formula is C15H19F2N3O5. The average molecular weight is 359 g/mol. The molecule has 0 atom stereocenters. The molecule has 0 aliphatic carbocycles. The van der Waals surface area contributed by atoms with Crippen molar-refractivity contribution < 1.29 is 28.0 Å². The third-order valence-electron chi connectivity index (χ3n) is 3.87. The molecule has 1 aromatic carbocycles. The van der Waals surface area contributed by atoms with Gasteiger partial charge in [-0.2, -0.15) is 4.39 Å². The highest BCUT2D eigenvalue weighted by Crippen LogP contribution is 2.34. The number of amides is 1. The third-order valence-corrected chi connectivity index (χ3v) is 3.87. The molecule has 2 rings (SSSR count). The fourth-order valence-electron chi connectivity index (χ4n) is 2.73. The first-order valence-corrected chi connectivity index (χ1v) is 7.71. The van der Waals surface area contributed by atoms with Crippen LogP contribution in [0, 0.1) is 21.7 Å². The highest BCUT2D eigenvalue weighted by molar-refractivity contribution is 5.68. The monoisotopic (exact) mass is 359 g/mol. The molecule has 0 unspecified atom stereocenters. The zero-order valence-corrected chi connectivity index (χ0v) is 14.0. The number of benzene rings is 1. The van der Waals surface area contributed by atoms with Gasteiger partial charge in [-0.25, -0.2) is 9.18 Å². The number of carbonyl (C=O) groups is 1. The number of piperazine rings is 1. The molecule has 10 heteroatoms. The van der Waals surface area contributed by atoms with Crippen LogP contribution >= 0.6 is 0 Å². The number of nitro groups is 1. The first kappa shape index (κ1) is 18.8. The quantitative estimate of drug-likeness (QED) is 0.592. The highest BCUT2D eigenvalue weighted by atomic mass is 19.1. The first-order chi connectivity index (χ1) is 11.9. The van der Waals surface area contributed by atoms with Crippen LogP contribution in [0.5, 0.6) is 0 Å². The molecule has 0 aromatic heterocycles. The normalized spacial score (nSPS) is 14.6. The minimum absolute atomic E-state index is 0.0755. The first-order valence-electron chi connectivity index (χ1n) is 7.71. The number of hydrogen-bond acceptors (Lipinski definition) is 6. The summed E-state index contributed by atoms with van der Waals surface area (Å²) in [5.74, 6) is -2.01. The molecule has 0 N–H and O–H groups in total. The molecule has 1 fully saturated rings. The van der Waals surface area contributed by atoms with Gasteiger partial charge >= 0.3 is 11.8 Å². The summed E-state index contributed by atoms with van der Waals surface area (Å²) in [6.45, 7) is 2.65. The van der Waals surface area contributed by atoms with E-state index in [0.29, 0.717) is 6.07 Å². The lowest BCUT2D eigenvalue weighted by atomic mass is 10.1. The molecule has 1 aliphatic heterocycles. The smallest absolute Gasteiger partial charge is 0.409 e. The van der Waals surface area contributed by atoms with E-state index in [9.17, 15) is 23.7 Å². The summed E-state index contributed by atoms with van der Waals surface area (Å²) in [5.41, 5.74) is -1.22. The zero-order valence-electron chi connectivity index (χ0n) is 14.0. The molecule has 8 nitrogen and oxygen atoms in total. The van der Waals surface area contributed by atoms with Gasteiger partial charge in [0.05, 0.1) is 29.9 Å². The SMILES string of the molecule is CCOC(=O)N1CCN(c2c(F)cc([N+](=O)[O-])c(F)c2COC)CC1. The highest BCUT2D eigenvalue weighted by Gasteiger charge is 2.30. The average Bonchev–Trinajstić information content (AvgIpc) is 2.58. The Labute approximate surface area is 143 Å². The van der Waals surface area contributed by atoms with Gasteiger partial charge in [-0.3, -0.25) is 10.1 Å². The van der Waals surface area contributed by atoms with Crippen molar-refractivity contribution >= 4 is 17.5 Å². The fraction of sp³-hybridized carbons (Fsp3) is 0.533. The number of ether oxygens (including phenoxy) is 2. The summed E-state index contributed by atoms with van der Waals surface area (Å²) in [4.78, 5) is 24.6. The number of halogens is 2. The lowest BCUT2D eigenvalue weighted by molar-refractivity contribution is -0.387.